The highest BCUT2D eigenvalue weighted by Crippen LogP contribution is 2.18. The molecule has 1 aromatic heterocycles. The number of para-hydroxylation sites is 1. The summed E-state index contributed by atoms with van der Waals surface area (Å²) in [6.07, 6.45) is 4.42. The van der Waals surface area contributed by atoms with Crippen LogP contribution in [0.5, 0.6) is 0 Å². The lowest BCUT2D eigenvalue weighted by atomic mass is 10.1. The van der Waals surface area contributed by atoms with Crippen LogP contribution in [0.25, 0.3) is 18.0 Å². The summed E-state index contributed by atoms with van der Waals surface area (Å²) in [7, 11) is 0. The summed E-state index contributed by atoms with van der Waals surface area (Å²) in [5.41, 5.74) is 2.95. The highest BCUT2D eigenvalue weighted by atomic mass is 16.2. The molecule has 0 unspecified atom stereocenters. The Morgan fingerprint density at radius 2 is 1.71 bits per heavy atom. The number of aromatic nitrogens is 3. The normalized spacial score (nSPS) is 12.6. The number of hydrogen-bond acceptors (Lipinski definition) is 2. The predicted octanol–water partition coefficient (Wildman–Crippen LogP) is 2.57. The van der Waals surface area contributed by atoms with Crippen molar-refractivity contribution in [1.82, 2.24) is 14.3 Å². The molecule has 4 nitrogen and oxygen atoms in total. The Balaban J connectivity index is 1.89. The number of rotatable bonds is 1. The van der Waals surface area contributed by atoms with Gasteiger partial charge in [-0.15, -0.1) is 5.10 Å². The first kappa shape index (κ1) is 11.9. The van der Waals surface area contributed by atoms with Gasteiger partial charge in [-0.3, -0.25) is 4.57 Å². The minimum Gasteiger partial charge on any atom is -0.253 e. The van der Waals surface area contributed by atoms with Crippen LogP contribution in [-0.2, 0) is 6.42 Å². The first-order chi connectivity index (χ1) is 10.3. The molecule has 1 aliphatic rings. The molecule has 0 atom stereocenters. The molecule has 0 N–H and O–H groups in total. The van der Waals surface area contributed by atoms with E-state index in [0.717, 1.165) is 17.1 Å². The van der Waals surface area contributed by atoms with Crippen LogP contribution in [-0.4, -0.2) is 14.3 Å². The van der Waals surface area contributed by atoms with Crippen LogP contribution < -0.4 is 5.69 Å². The molecular formula is C17H13N3O. The average molecular weight is 275 g/mol. The molecule has 2 heterocycles. The van der Waals surface area contributed by atoms with Gasteiger partial charge in [0.05, 0.1) is 5.69 Å². The van der Waals surface area contributed by atoms with Gasteiger partial charge in [0.15, 0.2) is 0 Å². The summed E-state index contributed by atoms with van der Waals surface area (Å²) >= 11 is 0. The lowest BCUT2D eigenvalue weighted by Crippen LogP contribution is -2.21. The average Bonchev–Trinajstić information content (AvgIpc) is 2.72. The summed E-state index contributed by atoms with van der Waals surface area (Å²) in [5, 5.41) is 4.50. The van der Waals surface area contributed by atoms with Gasteiger partial charge in [-0.1, -0.05) is 42.5 Å². The number of hydrogen-bond donors (Lipinski definition) is 0. The SMILES string of the molecule is O=c1n(-c2ccccc2)nc2n1C=Cc1ccccc1C2. The summed E-state index contributed by atoms with van der Waals surface area (Å²) in [6.45, 7) is 0. The monoisotopic (exact) mass is 275 g/mol. The van der Waals surface area contributed by atoms with E-state index < -0.39 is 0 Å². The third-order valence-corrected chi connectivity index (χ3v) is 3.69. The van der Waals surface area contributed by atoms with Gasteiger partial charge in [0.1, 0.15) is 5.82 Å². The first-order valence-corrected chi connectivity index (χ1v) is 6.85. The van der Waals surface area contributed by atoms with Crippen molar-refractivity contribution < 1.29 is 0 Å². The minimum absolute atomic E-state index is 0.139. The van der Waals surface area contributed by atoms with Crippen LogP contribution in [0.3, 0.4) is 0 Å². The molecule has 0 fully saturated rings. The predicted molar refractivity (Wildman–Crippen MR) is 82.3 cm³/mol. The third-order valence-electron chi connectivity index (χ3n) is 3.69. The molecule has 0 spiro atoms. The van der Waals surface area contributed by atoms with Gasteiger partial charge in [-0.25, -0.2) is 4.79 Å². The Kier molecular flexibility index (Phi) is 2.60. The van der Waals surface area contributed by atoms with E-state index in [0.29, 0.717) is 6.42 Å². The van der Waals surface area contributed by atoms with E-state index in [1.807, 2.05) is 54.6 Å². The minimum atomic E-state index is -0.139. The summed E-state index contributed by atoms with van der Waals surface area (Å²) in [5.74, 6) is 0.755. The molecule has 0 amide bonds. The highest BCUT2D eigenvalue weighted by Gasteiger charge is 2.16. The molecular weight excluding hydrogens is 262 g/mol. The van der Waals surface area contributed by atoms with Crippen molar-refractivity contribution in [3.8, 4) is 5.69 Å². The molecule has 2 aromatic carbocycles. The zero-order valence-corrected chi connectivity index (χ0v) is 11.3. The summed E-state index contributed by atoms with van der Waals surface area (Å²) in [6, 6.07) is 17.6. The van der Waals surface area contributed by atoms with E-state index in [9.17, 15) is 4.79 Å². The fraction of sp³-hybridized carbons (Fsp3) is 0.0588. The maximum Gasteiger partial charge on any atom is 0.354 e. The van der Waals surface area contributed by atoms with Crippen molar-refractivity contribution in [2.45, 2.75) is 6.42 Å². The smallest absolute Gasteiger partial charge is 0.253 e. The van der Waals surface area contributed by atoms with Crippen LogP contribution in [0, 0.1) is 0 Å². The van der Waals surface area contributed by atoms with Crippen molar-refractivity contribution in [2.24, 2.45) is 0 Å². The van der Waals surface area contributed by atoms with Crippen LogP contribution in [0.15, 0.2) is 59.4 Å². The highest BCUT2D eigenvalue weighted by molar-refractivity contribution is 5.65. The lowest BCUT2D eigenvalue weighted by Gasteiger charge is -2.01. The van der Waals surface area contributed by atoms with Crippen molar-refractivity contribution in [2.75, 3.05) is 0 Å². The van der Waals surface area contributed by atoms with Crippen LogP contribution >= 0.6 is 0 Å². The molecule has 4 heteroatoms. The Morgan fingerprint density at radius 3 is 2.57 bits per heavy atom. The maximum absolute atomic E-state index is 12.5. The quantitative estimate of drug-likeness (QED) is 0.535. The lowest BCUT2D eigenvalue weighted by molar-refractivity contribution is 0.823. The van der Waals surface area contributed by atoms with Gasteiger partial charge in [0, 0.05) is 12.6 Å². The Morgan fingerprint density at radius 1 is 0.952 bits per heavy atom. The Bertz CT molecular complexity index is 888. The van der Waals surface area contributed by atoms with Crippen LogP contribution in [0.2, 0.25) is 0 Å². The second-order valence-electron chi connectivity index (χ2n) is 5.01. The third kappa shape index (κ3) is 1.92. The molecule has 4 rings (SSSR count). The molecule has 0 radical (unpaired) electrons. The molecule has 102 valence electrons. The van der Waals surface area contributed by atoms with Gasteiger partial charge >= 0.3 is 5.69 Å². The molecule has 21 heavy (non-hydrogen) atoms. The molecule has 1 aliphatic heterocycles. The van der Waals surface area contributed by atoms with Gasteiger partial charge in [0.2, 0.25) is 0 Å². The molecule has 3 aromatic rings. The standard InChI is InChI=1S/C17H13N3O/c21-17-19-11-10-13-6-4-5-7-14(13)12-16(19)18-20(17)15-8-2-1-3-9-15/h1-11H,12H2. The first-order valence-electron chi connectivity index (χ1n) is 6.85. The second-order valence-corrected chi connectivity index (χ2v) is 5.01. The van der Waals surface area contributed by atoms with E-state index >= 15 is 0 Å². The molecule has 0 saturated carbocycles. The van der Waals surface area contributed by atoms with Gasteiger partial charge in [0.25, 0.3) is 0 Å². The van der Waals surface area contributed by atoms with E-state index in [1.54, 1.807) is 10.8 Å². The number of fused-ring (bicyclic) bond motifs is 2. The zero-order chi connectivity index (χ0) is 14.2. The van der Waals surface area contributed by atoms with Crippen LogP contribution in [0.4, 0.5) is 0 Å². The Hall–Kier alpha value is -2.88. The molecule has 0 bridgehead atoms. The number of benzene rings is 2. The zero-order valence-electron chi connectivity index (χ0n) is 11.3. The van der Waals surface area contributed by atoms with E-state index in [2.05, 4.69) is 11.2 Å². The maximum atomic E-state index is 12.5. The Labute approximate surface area is 121 Å². The van der Waals surface area contributed by atoms with Crippen molar-refractivity contribution >= 4 is 12.3 Å². The van der Waals surface area contributed by atoms with Crippen LogP contribution in [0.1, 0.15) is 17.0 Å². The fourth-order valence-corrected chi connectivity index (χ4v) is 2.61. The van der Waals surface area contributed by atoms with E-state index in [-0.39, 0.29) is 5.69 Å². The topological polar surface area (TPSA) is 39.8 Å². The van der Waals surface area contributed by atoms with Crippen molar-refractivity contribution in [3.63, 3.8) is 0 Å². The second kappa shape index (κ2) is 4.59. The van der Waals surface area contributed by atoms with E-state index in [1.165, 1.54) is 10.2 Å². The van der Waals surface area contributed by atoms with Crippen molar-refractivity contribution in [1.29, 1.82) is 0 Å². The van der Waals surface area contributed by atoms with E-state index in [4.69, 9.17) is 0 Å². The summed E-state index contributed by atoms with van der Waals surface area (Å²) < 4.78 is 3.07. The molecule has 0 saturated heterocycles. The van der Waals surface area contributed by atoms with Gasteiger partial charge < -0.3 is 0 Å². The summed E-state index contributed by atoms with van der Waals surface area (Å²) in [4.78, 5) is 12.5. The molecule has 0 aliphatic carbocycles. The number of nitrogens with zero attached hydrogens (tertiary/aromatic N) is 3. The van der Waals surface area contributed by atoms with Crippen molar-refractivity contribution in [3.05, 3.63) is 82.0 Å². The fourth-order valence-electron chi connectivity index (χ4n) is 2.61. The van der Waals surface area contributed by atoms with Gasteiger partial charge in [-0.2, -0.15) is 4.68 Å². The van der Waals surface area contributed by atoms with Gasteiger partial charge in [-0.05, 0) is 29.3 Å². The largest absolute Gasteiger partial charge is 0.354 e.